The lowest BCUT2D eigenvalue weighted by Crippen LogP contribution is -2.33. The number of aryl methyl sites for hydroxylation is 1. The molecule has 1 amide bonds. The number of amides is 1. The summed E-state index contributed by atoms with van der Waals surface area (Å²) >= 11 is 3.45. The van der Waals surface area contributed by atoms with Crippen LogP contribution in [0, 0.1) is 5.92 Å². The molecule has 0 aliphatic carbocycles. The molecule has 1 aromatic rings. The average Bonchev–Trinajstić information content (AvgIpc) is 2.59. The SMILES string of the molecule is CCn1cc(Br)cc1C(=O)N1CCCC(C)CC1. The number of likely N-dealkylation sites (tertiary alicyclic amines) is 1. The van der Waals surface area contributed by atoms with Crippen LogP contribution in [0.1, 0.15) is 43.6 Å². The van der Waals surface area contributed by atoms with Gasteiger partial charge in [0.05, 0.1) is 0 Å². The molecule has 1 saturated heterocycles. The Kier molecular flexibility index (Phi) is 4.49. The van der Waals surface area contributed by atoms with Crippen LogP contribution in [-0.2, 0) is 6.54 Å². The van der Waals surface area contributed by atoms with Crippen LogP contribution < -0.4 is 0 Å². The molecule has 1 unspecified atom stereocenters. The van der Waals surface area contributed by atoms with Gasteiger partial charge in [0.15, 0.2) is 0 Å². The highest BCUT2D eigenvalue weighted by atomic mass is 79.9. The standard InChI is InChI=1S/C14H21BrN2O/c1-3-16-10-12(15)9-13(16)14(18)17-7-4-5-11(2)6-8-17/h9-11H,3-8H2,1-2H3. The Morgan fingerprint density at radius 2 is 2.22 bits per heavy atom. The van der Waals surface area contributed by atoms with Gasteiger partial charge in [-0.15, -0.1) is 0 Å². The molecule has 1 aliphatic heterocycles. The molecule has 2 heterocycles. The van der Waals surface area contributed by atoms with Crippen molar-refractivity contribution >= 4 is 21.8 Å². The van der Waals surface area contributed by atoms with Crippen LogP contribution >= 0.6 is 15.9 Å². The first-order valence-electron chi connectivity index (χ1n) is 6.76. The fourth-order valence-electron chi connectivity index (χ4n) is 2.54. The number of rotatable bonds is 2. The molecular weight excluding hydrogens is 292 g/mol. The van der Waals surface area contributed by atoms with Gasteiger partial charge in [-0.05, 0) is 54.1 Å². The van der Waals surface area contributed by atoms with Gasteiger partial charge in [-0.25, -0.2) is 0 Å². The lowest BCUT2D eigenvalue weighted by atomic mass is 10.0. The number of hydrogen-bond acceptors (Lipinski definition) is 1. The summed E-state index contributed by atoms with van der Waals surface area (Å²) in [5.74, 6) is 0.921. The van der Waals surface area contributed by atoms with Crippen LogP contribution in [0.25, 0.3) is 0 Å². The Balaban J connectivity index is 2.14. The minimum atomic E-state index is 0.177. The van der Waals surface area contributed by atoms with Crippen molar-refractivity contribution in [2.45, 2.75) is 39.7 Å². The first-order valence-corrected chi connectivity index (χ1v) is 7.56. The highest BCUT2D eigenvalue weighted by Gasteiger charge is 2.22. The van der Waals surface area contributed by atoms with Gasteiger partial charge in [-0.1, -0.05) is 6.92 Å². The summed E-state index contributed by atoms with van der Waals surface area (Å²) in [5, 5.41) is 0. The summed E-state index contributed by atoms with van der Waals surface area (Å²) in [6.07, 6.45) is 5.47. The second-order valence-electron chi connectivity index (χ2n) is 5.16. The molecule has 0 aromatic carbocycles. The van der Waals surface area contributed by atoms with Crippen molar-refractivity contribution in [3.05, 3.63) is 22.4 Å². The zero-order valence-corrected chi connectivity index (χ0v) is 12.7. The molecule has 18 heavy (non-hydrogen) atoms. The van der Waals surface area contributed by atoms with Crippen LogP contribution in [-0.4, -0.2) is 28.5 Å². The van der Waals surface area contributed by atoms with E-state index in [1.165, 1.54) is 6.42 Å². The first-order chi connectivity index (χ1) is 8.61. The van der Waals surface area contributed by atoms with Gasteiger partial charge in [-0.2, -0.15) is 0 Å². The quantitative estimate of drug-likeness (QED) is 0.820. The predicted molar refractivity (Wildman–Crippen MR) is 76.7 cm³/mol. The highest BCUT2D eigenvalue weighted by molar-refractivity contribution is 9.10. The third-order valence-electron chi connectivity index (χ3n) is 3.73. The Hall–Kier alpha value is -0.770. The fourth-order valence-corrected chi connectivity index (χ4v) is 3.01. The van der Waals surface area contributed by atoms with Gasteiger partial charge in [0.1, 0.15) is 5.69 Å². The molecule has 0 N–H and O–H groups in total. The van der Waals surface area contributed by atoms with Gasteiger partial charge >= 0.3 is 0 Å². The van der Waals surface area contributed by atoms with Crippen molar-refractivity contribution in [1.29, 1.82) is 0 Å². The lowest BCUT2D eigenvalue weighted by molar-refractivity contribution is 0.0749. The number of carbonyl (C=O) groups excluding carboxylic acids is 1. The van der Waals surface area contributed by atoms with Gasteiger partial charge in [0.25, 0.3) is 5.91 Å². The summed E-state index contributed by atoms with van der Waals surface area (Å²) in [6, 6.07) is 1.93. The molecule has 0 bridgehead atoms. The molecule has 100 valence electrons. The number of aromatic nitrogens is 1. The topological polar surface area (TPSA) is 25.2 Å². The monoisotopic (exact) mass is 312 g/mol. The molecule has 4 heteroatoms. The van der Waals surface area contributed by atoms with E-state index in [1.807, 2.05) is 21.7 Å². The minimum absolute atomic E-state index is 0.177. The molecule has 1 fully saturated rings. The zero-order valence-electron chi connectivity index (χ0n) is 11.2. The van der Waals surface area contributed by atoms with E-state index in [1.54, 1.807) is 0 Å². The van der Waals surface area contributed by atoms with Crippen molar-refractivity contribution in [3.63, 3.8) is 0 Å². The average molecular weight is 313 g/mol. The van der Waals surface area contributed by atoms with Crippen LogP contribution in [0.5, 0.6) is 0 Å². The van der Waals surface area contributed by atoms with Crippen LogP contribution in [0.4, 0.5) is 0 Å². The molecule has 1 aromatic heterocycles. The molecule has 0 spiro atoms. The van der Waals surface area contributed by atoms with E-state index < -0.39 is 0 Å². The Morgan fingerprint density at radius 3 is 2.94 bits per heavy atom. The lowest BCUT2D eigenvalue weighted by Gasteiger charge is -2.21. The van der Waals surface area contributed by atoms with Crippen molar-refractivity contribution in [1.82, 2.24) is 9.47 Å². The molecular formula is C14H21BrN2O. The van der Waals surface area contributed by atoms with Crippen LogP contribution in [0.15, 0.2) is 16.7 Å². The summed E-state index contributed by atoms with van der Waals surface area (Å²) in [6.45, 7) is 6.96. The smallest absolute Gasteiger partial charge is 0.270 e. The van der Waals surface area contributed by atoms with E-state index in [2.05, 4.69) is 29.8 Å². The van der Waals surface area contributed by atoms with E-state index >= 15 is 0 Å². The Bertz CT molecular complexity index is 427. The van der Waals surface area contributed by atoms with Crippen LogP contribution in [0.3, 0.4) is 0 Å². The van der Waals surface area contributed by atoms with E-state index in [0.29, 0.717) is 0 Å². The molecule has 1 atom stereocenters. The zero-order chi connectivity index (χ0) is 13.1. The molecule has 2 rings (SSSR count). The Morgan fingerprint density at radius 1 is 1.44 bits per heavy atom. The van der Waals surface area contributed by atoms with Gasteiger partial charge in [0.2, 0.25) is 0 Å². The highest BCUT2D eigenvalue weighted by Crippen LogP contribution is 2.21. The van der Waals surface area contributed by atoms with Gasteiger partial charge < -0.3 is 9.47 Å². The minimum Gasteiger partial charge on any atom is -0.343 e. The predicted octanol–water partition coefficient (Wildman–Crippen LogP) is 3.53. The maximum absolute atomic E-state index is 12.5. The largest absolute Gasteiger partial charge is 0.343 e. The van der Waals surface area contributed by atoms with Crippen molar-refractivity contribution in [2.75, 3.05) is 13.1 Å². The molecule has 3 nitrogen and oxygen atoms in total. The van der Waals surface area contributed by atoms with Crippen molar-refractivity contribution in [3.8, 4) is 0 Å². The molecule has 0 saturated carbocycles. The summed E-state index contributed by atoms with van der Waals surface area (Å²) in [4.78, 5) is 14.5. The van der Waals surface area contributed by atoms with Crippen molar-refractivity contribution < 1.29 is 4.79 Å². The number of nitrogens with zero attached hydrogens (tertiary/aromatic N) is 2. The number of hydrogen-bond donors (Lipinski definition) is 0. The fraction of sp³-hybridized carbons (Fsp3) is 0.643. The summed E-state index contributed by atoms with van der Waals surface area (Å²) in [5.41, 5.74) is 0.805. The third kappa shape index (κ3) is 2.97. The molecule has 1 aliphatic rings. The second kappa shape index (κ2) is 5.91. The maximum Gasteiger partial charge on any atom is 0.270 e. The number of halogens is 1. The van der Waals surface area contributed by atoms with Crippen molar-refractivity contribution in [2.24, 2.45) is 5.92 Å². The maximum atomic E-state index is 12.5. The van der Waals surface area contributed by atoms with Gasteiger partial charge in [-0.3, -0.25) is 4.79 Å². The van der Waals surface area contributed by atoms with E-state index in [4.69, 9.17) is 0 Å². The van der Waals surface area contributed by atoms with Gasteiger partial charge in [0, 0.05) is 30.3 Å². The third-order valence-corrected chi connectivity index (χ3v) is 4.16. The normalized spacial score (nSPS) is 20.8. The van der Waals surface area contributed by atoms with E-state index in [0.717, 1.165) is 48.6 Å². The summed E-state index contributed by atoms with van der Waals surface area (Å²) in [7, 11) is 0. The first kappa shape index (κ1) is 13.7. The number of carbonyl (C=O) groups is 1. The van der Waals surface area contributed by atoms with E-state index in [9.17, 15) is 4.79 Å². The Labute approximate surface area is 117 Å². The molecule has 0 radical (unpaired) electrons. The summed E-state index contributed by atoms with van der Waals surface area (Å²) < 4.78 is 3.00. The second-order valence-corrected chi connectivity index (χ2v) is 6.07. The van der Waals surface area contributed by atoms with E-state index in [-0.39, 0.29) is 5.91 Å². The van der Waals surface area contributed by atoms with Crippen LogP contribution in [0.2, 0.25) is 0 Å².